The van der Waals surface area contributed by atoms with E-state index in [1.54, 1.807) is 36.6 Å². The van der Waals surface area contributed by atoms with Gasteiger partial charge in [0, 0.05) is 36.2 Å². The molecule has 9 nitrogen and oxygen atoms in total. The zero-order valence-electron chi connectivity index (χ0n) is 20.1. The molecule has 0 bridgehead atoms. The number of hydrogen-bond donors (Lipinski definition) is 4. The zero-order chi connectivity index (χ0) is 25.8. The van der Waals surface area contributed by atoms with Crippen molar-refractivity contribution in [2.45, 2.75) is 18.9 Å². The number of aliphatic imine (C=N–C) groups is 1. The Morgan fingerprint density at radius 1 is 1.11 bits per heavy atom. The second-order valence-electron chi connectivity index (χ2n) is 9.00. The van der Waals surface area contributed by atoms with Gasteiger partial charge in [0.1, 0.15) is 0 Å². The number of rotatable bonds is 7. The normalized spacial score (nSPS) is 19.1. The number of carboxylic acid groups (broad SMARTS) is 1. The minimum absolute atomic E-state index is 0.211. The Kier molecular flexibility index (Phi) is 6.85. The van der Waals surface area contributed by atoms with Crippen LogP contribution >= 0.6 is 0 Å². The fraction of sp³-hybridized carbons (Fsp3) is 0.214. The molecule has 1 aliphatic carbocycles. The van der Waals surface area contributed by atoms with Gasteiger partial charge in [-0.15, -0.1) is 0 Å². The standard InChI is InChI=1S/C28H27N5O4/c34-25(35)16-24(18-5-2-1-3-6-18)33-17-20-9-12-22(15-23(20)27(33)37)31-26(36)19-7-10-21(11-8-19)32-28-29-13-4-14-30-28/h1-3,5-12,15,17,23-24H,4,13-14,16H2,(H,31,36)(H,34,35)(H2,29,30,32). The first-order valence-corrected chi connectivity index (χ1v) is 12.2. The molecule has 37 heavy (non-hydrogen) atoms. The number of carboxylic acids is 1. The van der Waals surface area contributed by atoms with Gasteiger partial charge in [0.25, 0.3) is 5.91 Å². The van der Waals surface area contributed by atoms with E-state index in [4.69, 9.17) is 0 Å². The Bertz CT molecular complexity index is 1330. The number of anilines is 1. The molecule has 2 heterocycles. The SMILES string of the molecule is O=C(O)CC(c1ccccc1)N1C=C2C=CC(NC(=O)c3ccc(NC4=NCCCN4)cc3)=CC2C1=O. The third kappa shape index (κ3) is 5.45. The maximum absolute atomic E-state index is 13.3. The lowest BCUT2D eigenvalue weighted by atomic mass is 9.95. The van der Waals surface area contributed by atoms with E-state index >= 15 is 0 Å². The van der Waals surface area contributed by atoms with Crippen LogP contribution in [0.15, 0.2) is 95.3 Å². The second kappa shape index (κ2) is 10.5. The van der Waals surface area contributed by atoms with Crippen molar-refractivity contribution < 1.29 is 19.5 Å². The summed E-state index contributed by atoms with van der Waals surface area (Å²) in [5.41, 5.74) is 3.32. The van der Waals surface area contributed by atoms with Crippen LogP contribution in [0.4, 0.5) is 5.69 Å². The van der Waals surface area contributed by atoms with Crippen LogP contribution < -0.4 is 16.0 Å². The number of allylic oxidation sites excluding steroid dienone is 2. The molecule has 2 aromatic carbocycles. The summed E-state index contributed by atoms with van der Waals surface area (Å²) >= 11 is 0. The van der Waals surface area contributed by atoms with Gasteiger partial charge in [0.05, 0.1) is 18.4 Å². The average molecular weight is 498 g/mol. The van der Waals surface area contributed by atoms with E-state index in [9.17, 15) is 19.5 Å². The Labute approximate surface area is 214 Å². The molecule has 0 aromatic heterocycles. The van der Waals surface area contributed by atoms with E-state index in [2.05, 4.69) is 20.9 Å². The largest absolute Gasteiger partial charge is 0.481 e. The molecule has 0 spiro atoms. The van der Waals surface area contributed by atoms with E-state index in [-0.39, 0.29) is 18.2 Å². The molecule has 4 N–H and O–H groups in total. The Morgan fingerprint density at radius 2 is 1.89 bits per heavy atom. The van der Waals surface area contributed by atoms with Gasteiger partial charge in [-0.3, -0.25) is 19.4 Å². The molecule has 2 unspecified atom stereocenters. The quantitative estimate of drug-likeness (QED) is 0.466. The van der Waals surface area contributed by atoms with Gasteiger partial charge in [-0.2, -0.15) is 0 Å². The predicted molar refractivity (Wildman–Crippen MR) is 140 cm³/mol. The lowest BCUT2D eigenvalue weighted by Crippen LogP contribution is -2.35. The number of carbonyl (C=O) groups excluding carboxylic acids is 2. The minimum Gasteiger partial charge on any atom is -0.481 e. The zero-order valence-corrected chi connectivity index (χ0v) is 20.1. The second-order valence-corrected chi connectivity index (χ2v) is 9.00. The van der Waals surface area contributed by atoms with E-state index in [1.165, 1.54) is 4.90 Å². The van der Waals surface area contributed by atoms with Gasteiger partial charge < -0.3 is 26.0 Å². The number of aliphatic carboxylic acids is 1. The van der Waals surface area contributed by atoms with Gasteiger partial charge >= 0.3 is 5.97 Å². The highest BCUT2D eigenvalue weighted by atomic mass is 16.4. The van der Waals surface area contributed by atoms with Crippen molar-refractivity contribution in [3.8, 4) is 0 Å². The first-order chi connectivity index (χ1) is 18.0. The third-order valence-electron chi connectivity index (χ3n) is 6.42. The van der Waals surface area contributed by atoms with Crippen LogP contribution in [0.3, 0.4) is 0 Å². The number of fused-ring (bicyclic) bond motifs is 1. The first-order valence-electron chi connectivity index (χ1n) is 12.2. The minimum atomic E-state index is -0.988. The number of guanidine groups is 1. The van der Waals surface area contributed by atoms with Crippen molar-refractivity contribution >= 4 is 29.4 Å². The molecule has 2 amide bonds. The first kappa shape index (κ1) is 24.1. The summed E-state index contributed by atoms with van der Waals surface area (Å²) in [5, 5.41) is 18.7. The number of amides is 2. The fourth-order valence-corrected chi connectivity index (χ4v) is 4.55. The monoisotopic (exact) mass is 497 g/mol. The average Bonchev–Trinajstić information content (AvgIpc) is 3.24. The van der Waals surface area contributed by atoms with Gasteiger partial charge in [-0.05, 0) is 54.0 Å². The van der Waals surface area contributed by atoms with Crippen LogP contribution in [0.5, 0.6) is 0 Å². The van der Waals surface area contributed by atoms with Crippen molar-refractivity contribution in [1.82, 2.24) is 15.5 Å². The molecule has 0 saturated carbocycles. The number of hydrogen-bond acceptors (Lipinski definition) is 6. The lowest BCUT2D eigenvalue weighted by Gasteiger charge is -2.26. The van der Waals surface area contributed by atoms with Gasteiger partial charge in [0.2, 0.25) is 5.91 Å². The molecular formula is C28H27N5O4. The predicted octanol–water partition coefficient (Wildman–Crippen LogP) is 3.19. The molecule has 3 aliphatic rings. The van der Waals surface area contributed by atoms with E-state index < -0.39 is 17.9 Å². The molecule has 2 aromatic rings. The van der Waals surface area contributed by atoms with Crippen molar-refractivity contribution in [3.63, 3.8) is 0 Å². The molecule has 9 heteroatoms. The number of nitrogens with zero attached hydrogens (tertiary/aromatic N) is 2. The Morgan fingerprint density at radius 3 is 2.59 bits per heavy atom. The number of carbonyl (C=O) groups is 3. The van der Waals surface area contributed by atoms with Gasteiger partial charge in [0.15, 0.2) is 5.96 Å². The Hall–Kier alpha value is -4.66. The molecule has 5 rings (SSSR count). The van der Waals surface area contributed by atoms with E-state index in [0.717, 1.165) is 42.3 Å². The van der Waals surface area contributed by atoms with Crippen molar-refractivity contribution in [3.05, 3.63) is 101 Å². The Balaban J connectivity index is 1.26. The van der Waals surface area contributed by atoms with Crippen LogP contribution in [-0.4, -0.2) is 46.8 Å². The van der Waals surface area contributed by atoms with Crippen LogP contribution in [0, 0.1) is 5.92 Å². The van der Waals surface area contributed by atoms with Crippen LogP contribution in [0.2, 0.25) is 0 Å². The van der Waals surface area contributed by atoms with Crippen LogP contribution in [0.25, 0.3) is 0 Å². The topological polar surface area (TPSA) is 123 Å². The van der Waals surface area contributed by atoms with E-state index in [0.29, 0.717) is 11.3 Å². The summed E-state index contributed by atoms with van der Waals surface area (Å²) in [6, 6.07) is 15.6. The number of nitrogens with one attached hydrogen (secondary N) is 3. The summed E-state index contributed by atoms with van der Waals surface area (Å²) in [4.78, 5) is 43.6. The maximum Gasteiger partial charge on any atom is 0.305 e. The van der Waals surface area contributed by atoms with Crippen LogP contribution in [0.1, 0.15) is 34.8 Å². The molecule has 0 fully saturated rings. The fourth-order valence-electron chi connectivity index (χ4n) is 4.55. The van der Waals surface area contributed by atoms with Crippen molar-refractivity contribution in [2.24, 2.45) is 10.9 Å². The molecule has 2 aliphatic heterocycles. The van der Waals surface area contributed by atoms with E-state index in [1.807, 2.05) is 42.5 Å². The van der Waals surface area contributed by atoms with Crippen molar-refractivity contribution in [2.75, 3.05) is 18.4 Å². The summed E-state index contributed by atoms with van der Waals surface area (Å²) in [5.74, 6) is -1.37. The molecular weight excluding hydrogens is 470 g/mol. The molecule has 2 atom stereocenters. The summed E-state index contributed by atoms with van der Waals surface area (Å²) in [7, 11) is 0. The summed E-state index contributed by atoms with van der Waals surface area (Å²) in [6.07, 6.45) is 7.73. The van der Waals surface area contributed by atoms with Gasteiger partial charge in [-0.25, -0.2) is 0 Å². The molecule has 188 valence electrons. The molecule has 0 radical (unpaired) electrons. The maximum atomic E-state index is 13.3. The highest BCUT2D eigenvalue weighted by molar-refractivity contribution is 5.98. The lowest BCUT2D eigenvalue weighted by molar-refractivity contribution is -0.139. The highest BCUT2D eigenvalue weighted by Gasteiger charge is 2.38. The molecule has 0 saturated heterocycles. The van der Waals surface area contributed by atoms with Crippen molar-refractivity contribution in [1.29, 1.82) is 0 Å². The van der Waals surface area contributed by atoms with Crippen LogP contribution in [-0.2, 0) is 9.59 Å². The summed E-state index contributed by atoms with van der Waals surface area (Å²) in [6.45, 7) is 1.66. The third-order valence-corrected chi connectivity index (χ3v) is 6.42. The van der Waals surface area contributed by atoms with Gasteiger partial charge in [-0.1, -0.05) is 36.4 Å². The summed E-state index contributed by atoms with van der Waals surface area (Å²) < 4.78 is 0. The highest BCUT2D eigenvalue weighted by Crippen LogP contribution is 2.36. The number of benzene rings is 2. The smallest absolute Gasteiger partial charge is 0.305 e.